The quantitative estimate of drug-likeness (QED) is 0.0245. The van der Waals surface area contributed by atoms with Crippen LogP contribution in [0.3, 0.4) is 0 Å². The fourth-order valence-corrected chi connectivity index (χ4v) is 26.2. The first kappa shape index (κ1) is 84.0. The Balaban J connectivity index is 0.000000160. The molecule has 105 heavy (non-hydrogen) atoms. The van der Waals surface area contributed by atoms with Gasteiger partial charge in [-0.05, 0) is 148 Å². The van der Waals surface area contributed by atoms with Crippen LogP contribution in [-0.2, 0) is 48.3 Å². The van der Waals surface area contributed by atoms with E-state index in [0.29, 0.717) is 69.6 Å². The lowest BCUT2D eigenvalue weighted by Crippen LogP contribution is -2.33. The predicted molar refractivity (Wildman–Crippen MR) is 404 cm³/mol. The van der Waals surface area contributed by atoms with Gasteiger partial charge in [-0.2, -0.15) is 15.0 Å². The van der Waals surface area contributed by atoms with Crippen LogP contribution in [0.5, 0.6) is 0 Å². The highest BCUT2D eigenvalue weighted by atomic mass is 35.9. The van der Waals surface area contributed by atoms with Crippen LogP contribution in [0.15, 0.2) is 67.1 Å². The van der Waals surface area contributed by atoms with E-state index in [0.717, 1.165) is 72.9 Å². The predicted octanol–water partition coefficient (Wildman–Crippen LogP) is 13.2. The van der Waals surface area contributed by atoms with Gasteiger partial charge in [0, 0.05) is 80.5 Å². The van der Waals surface area contributed by atoms with Gasteiger partial charge in [-0.15, -0.1) is 0 Å². The zero-order chi connectivity index (χ0) is 76.0. The second-order valence-corrected chi connectivity index (χ2v) is 43.0. The highest BCUT2D eigenvalue weighted by molar-refractivity contribution is 8.21. The van der Waals surface area contributed by atoms with Gasteiger partial charge in [-0.1, -0.05) is 82.7 Å². The maximum absolute atomic E-state index is 11.9. The average molecular weight is 1680 g/mol. The van der Waals surface area contributed by atoms with Crippen molar-refractivity contribution in [1.82, 2.24) is 44.9 Å². The van der Waals surface area contributed by atoms with Gasteiger partial charge in [0.05, 0.1) is 48.6 Å². The van der Waals surface area contributed by atoms with Crippen molar-refractivity contribution < 1.29 is 81.9 Å². The van der Waals surface area contributed by atoms with Crippen molar-refractivity contribution in [1.29, 1.82) is 0 Å². The number of ether oxygens (including phenoxy) is 4. The second kappa shape index (κ2) is 36.3. The number of fused-ring (bicyclic) bond motifs is 3. The summed E-state index contributed by atoms with van der Waals surface area (Å²) in [6, 6.07) is 16.9. The molecule has 3 saturated carbocycles. The molecule has 6 aromatic heterocycles. The Bertz CT molecular complexity index is 4310. The molecule has 0 amide bonds. The summed E-state index contributed by atoms with van der Waals surface area (Å²) in [6.45, 7) is 3.88. The van der Waals surface area contributed by atoms with E-state index in [4.69, 9.17) is 118 Å². The Morgan fingerprint density at radius 2 is 0.895 bits per heavy atom. The monoisotopic (exact) mass is 1670 g/mol. The van der Waals surface area contributed by atoms with E-state index in [-0.39, 0.29) is 46.7 Å². The number of hydrogen-bond donors (Lipinski definition) is 8. The molecule has 7 aromatic rings. The van der Waals surface area contributed by atoms with Crippen molar-refractivity contribution in [3.63, 3.8) is 0 Å². The van der Waals surface area contributed by atoms with Gasteiger partial charge < -0.3 is 78.4 Å². The summed E-state index contributed by atoms with van der Waals surface area (Å²) < 4.78 is 72.6. The highest BCUT2D eigenvalue weighted by Crippen LogP contribution is 2.72. The van der Waals surface area contributed by atoms with Crippen molar-refractivity contribution in [3.05, 3.63) is 105 Å². The normalized spacial score (nSPS) is 25.9. The van der Waals surface area contributed by atoms with Gasteiger partial charge in [0.2, 0.25) is 15.9 Å². The van der Waals surface area contributed by atoms with Crippen LogP contribution in [0.2, 0.25) is 15.9 Å². The fraction of sp³-hybridized carbons (Fsp3) is 0.585. The van der Waals surface area contributed by atoms with E-state index in [9.17, 15) is 48.7 Å². The standard InChI is InChI=1S/C27H33ClN4O2.C19H27ClN4O9P2.C18H23ClN4O4.CH2Cl4O2P2/c1-4-22-17(2)24(33-16-18-10-6-5-7-11-18)25(34-22)19-14-21-23(29-15-19)26(31-27(28)30-21)32(3)20-12-8-9-13-20;1-24(11-4-2-3-5-11)18-14-12(22-19(20)23-18)6-10(7-21-14)17-16(26)15(25)13(33-17)8-32-35(30,31)9-34(27,28)29;1-23(10-4-2-3-5-10)17-13-11(21-18(19)22-17)6-9(7-20-13)16-15(26)14(25)12(8-24)27-16;2-8(3,6)1-9(4,5)7/h5-7,10-11,14-15,17,20,22,24-25H,4,8-9,12-13,16H2,1-3H3;6-7,11,13,15-17,25-26H,2-5,8-9H2,1H3,(H,30,31)(H2,27,28,29);6-7,10,12,14-16,24-26H,2-5,8H2,1H3;1H2/t17-,22-,24-,25+;13-,15-,16-,17+;12-,14-,15-,16+;/m111./s1. The molecule has 3 aliphatic heterocycles. The number of halogens is 7. The summed E-state index contributed by atoms with van der Waals surface area (Å²) in [7, 11) is -3.44. The van der Waals surface area contributed by atoms with Crippen molar-refractivity contribution in [2.45, 2.75) is 189 Å². The third kappa shape index (κ3) is 21.8. The van der Waals surface area contributed by atoms with Gasteiger partial charge in [-0.25, -0.2) is 15.0 Å². The second-order valence-electron chi connectivity index (χ2n) is 27.0. The molecule has 13 atom stereocenters. The Labute approximate surface area is 640 Å². The molecule has 40 heteroatoms. The Morgan fingerprint density at radius 1 is 0.524 bits per heavy atom. The first-order valence-corrected chi connectivity index (χ1v) is 46.3. The summed E-state index contributed by atoms with van der Waals surface area (Å²) in [5.41, 5.74) is 6.69. The molecule has 8 N–H and O–H groups in total. The van der Waals surface area contributed by atoms with E-state index in [1.165, 1.54) is 44.7 Å². The molecule has 6 aliphatic rings. The van der Waals surface area contributed by atoms with Crippen LogP contribution >= 0.6 is 107 Å². The summed E-state index contributed by atoms with van der Waals surface area (Å²) in [4.78, 5) is 74.0. The molecule has 3 aliphatic carbocycles. The van der Waals surface area contributed by atoms with Gasteiger partial charge >= 0.3 is 15.2 Å². The minimum Gasteiger partial charge on any atom is -0.394 e. The van der Waals surface area contributed by atoms with Gasteiger partial charge in [0.15, 0.2) is 23.4 Å². The van der Waals surface area contributed by atoms with Crippen molar-refractivity contribution in [2.24, 2.45) is 5.92 Å². The first-order chi connectivity index (χ1) is 49.6. The third-order valence-corrected chi connectivity index (χ3v) is 30.0. The molecule has 6 fully saturated rings. The number of aliphatic hydroxyl groups is 5. The summed E-state index contributed by atoms with van der Waals surface area (Å²) in [6.07, 6.45) is 10.4. The molecule has 1 aromatic carbocycles. The Kier molecular flexibility index (Phi) is 29.1. The van der Waals surface area contributed by atoms with Crippen LogP contribution in [-0.4, -0.2) is 198 Å². The van der Waals surface area contributed by atoms with Crippen LogP contribution in [0, 0.1) is 5.92 Å². The maximum atomic E-state index is 11.9. The number of rotatable bonds is 21. The van der Waals surface area contributed by atoms with Gasteiger partial charge in [-0.3, -0.25) is 33.2 Å². The number of benzene rings is 1. The molecular weight excluding hydrogens is 1590 g/mol. The lowest BCUT2D eigenvalue weighted by molar-refractivity contribution is -0.0337. The number of nitrogens with zero attached hydrogens (tertiary/aromatic N) is 12. The summed E-state index contributed by atoms with van der Waals surface area (Å²) in [5.74, 6) is -6.31. The number of pyridine rings is 3. The maximum Gasteiger partial charge on any atom is 0.340 e. The number of hydrogen-bond acceptors (Lipinski definition) is 26. The number of aliphatic hydroxyl groups excluding tert-OH is 5. The van der Waals surface area contributed by atoms with E-state index >= 15 is 0 Å². The Morgan fingerprint density at radius 3 is 1.25 bits per heavy atom. The summed E-state index contributed by atoms with van der Waals surface area (Å²) in [5, 5.41) is 50.8. The zero-order valence-electron chi connectivity index (χ0n) is 57.8. The molecule has 29 nitrogen and oxygen atoms in total. The smallest absolute Gasteiger partial charge is 0.340 e. The molecule has 0 radical (unpaired) electrons. The first-order valence-electron chi connectivity index (χ1n) is 34.2. The molecule has 0 bridgehead atoms. The van der Waals surface area contributed by atoms with Crippen LogP contribution in [0.1, 0.15) is 138 Å². The minimum atomic E-state index is -4.81. The number of aromatic nitrogens is 9. The highest BCUT2D eigenvalue weighted by Gasteiger charge is 2.47. The zero-order valence-corrected chi connectivity index (χ0v) is 66.7. The third-order valence-electron chi connectivity index (χ3n) is 19.6. The summed E-state index contributed by atoms with van der Waals surface area (Å²) >= 11 is 38.7. The van der Waals surface area contributed by atoms with E-state index in [1.54, 1.807) is 18.3 Å². The van der Waals surface area contributed by atoms with Gasteiger partial charge in [0.25, 0.3) is 11.7 Å². The topological polar surface area (TPSA) is 402 Å². The molecule has 3 saturated heterocycles. The average Bonchev–Trinajstić information content (AvgIpc) is 1.73. The SMILES string of the molecule is CC[C@H]1O[C@@H](c2cnc3c(N(C)C4CCCC4)nc(Cl)nc3c2)[C@H](OCc2ccccc2)[C@@H]1C.CN(c1nc(Cl)nc2cc([C@@H]3O[C@H](CO)[C@@H](O)[C@H]3O)cnc12)C1CCCC1.CN(c1nc(Cl)nc2cc([C@@H]3O[C@H](COP(=O)(O)CP(=O)(O)O)[C@@H](O)[C@H]3O)cnc12)C1CCCC1.O=P(Cl)(Cl)CP(=O)(Cl)Cl. The van der Waals surface area contributed by atoms with E-state index in [1.807, 2.05) is 43.4 Å². The molecule has 576 valence electrons. The van der Waals surface area contributed by atoms with Crippen LogP contribution < -0.4 is 14.7 Å². The lowest BCUT2D eigenvalue weighted by atomic mass is 9.94. The number of anilines is 3. The van der Waals surface area contributed by atoms with Gasteiger partial charge in [0.1, 0.15) is 77.4 Å². The van der Waals surface area contributed by atoms with Crippen molar-refractivity contribution in [3.8, 4) is 0 Å². The van der Waals surface area contributed by atoms with Crippen LogP contribution in [0.25, 0.3) is 33.1 Å². The molecular formula is C65H85Cl7N12O17P4. The minimum absolute atomic E-state index is 0.0271. The molecule has 0 spiro atoms. The van der Waals surface area contributed by atoms with E-state index in [2.05, 4.69) is 88.8 Å². The van der Waals surface area contributed by atoms with Crippen molar-refractivity contribution in [2.75, 3.05) is 60.9 Å². The van der Waals surface area contributed by atoms with Crippen molar-refractivity contribution >= 4 is 157 Å². The molecule has 13 rings (SSSR count). The largest absolute Gasteiger partial charge is 0.394 e. The van der Waals surface area contributed by atoms with E-state index < -0.39 is 94.1 Å². The molecule has 1 unspecified atom stereocenters. The lowest BCUT2D eigenvalue weighted by Gasteiger charge is -2.26. The van der Waals surface area contributed by atoms with Crippen LogP contribution in [0.4, 0.5) is 17.5 Å². The Hall–Kier alpha value is -3.48. The molecule has 9 heterocycles. The fourth-order valence-electron chi connectivity index (χ4n) is 14.2.